The summed E-state index contributed by atoms with van der Waals surface area (Å²) in [6.45, 7) is 6.44. The Labute approximate surface area is 169 Å². The Balaban J connectivity index is 1.62. The molecule has 1 amide bonds. The smallest absolute Gasteiger partial charge is 0.260 e. The summed E-state index contributed by atoms with van der Waals surface area (Å²) in [5.41, 5.74) is 2.89. The number of nitrogens with zero attached hydrogens (tertiary/aromatic N) is 3. The van der Waals surface area contributed by atoms with Crippen molar-refractivity contribution in [3.8, 4) is 17.1 Å². The number of carbonyl (C=O) groups is 1. The summed E-state index contributed by atoms with van der Waals surface area (Å²) in [5, 5.41) is 4.68. The van der Waals surface area contributed by atoms with E-state index in [9.17, 15) is 4.79 Å². The Morgan fingerprint density at radius 2 is 2.04 bits per heavy atom. The van der Waals surface area contributed by atoms with Crippen LogP contribution in [-0.4, -0.2) is 34.1 Å². The fourth-order valence-electron chi connectivity index (χ4n) is 2.70. The summed E-state index contributed by atoms with van der Waals surface area (Å²) in [6.07, 6.45) is 0. The second-order valence-electron chi connectivity index (χ2n) is 6.49. The maximum absolute atomic E-state index is 12.5. The van der Waals surface area contributed by atoms with Gasteiger partial charge in [0, 0.05) is 17.1 Å². The van der Waals surface area contributed by atoms with Gasteiger partial charge >= 0.3 is 0 Å². The van der Waals surface area contributed by atoms with E-state index in [0.29, 0.717) is 29.0 Å². The first-order chi connectivity index (χ1) is 13.5. The highest BCUT2D eigenvalue weighted by molar-refractivity contribution is 6.31. The van der Waals surface area contributed by atoms with Crippen LogP contribution in [0.4, 0.5) is 0 Å². The summed E-state index contributed by atoms with van der Waals surface area (Å²) in [4.78, 5) is 18.5. The second kappa shape index (κ2) is 8.89. The van der Waals surface area contributed by atoms with Gasteiger partial charge in [-0.2, -0.15) is 4.98 Å². The third-order valence-electron chi connectivity index (χ3n) is 4.30. The molecule has 2 aromatic carbocycles. The van der Waals surface area contributed by atoms with Crippen LogP contribution in [0.3, 0.4) is 0 Å². The lowest BCUT2D eigenvalue weighted by molar-refractivity contribution is -0.134. The molecular formula is C21H22ClN3O3. The van der Waals surface area contributed by atoms with Crippen molar-refractivity contribution in [2.75, 3.05) is 13.2 Å². The molecule has 3 rings (SSSR count). The van der Waals surface area contributed by atoms with E-state index in [4.69, 9.17) is 20.9 Å². The lowest BCUT2D eigenvalue weighted by Gasteiger charge is -2.19. The normalized spacial score (nSPS) is 10.7. The molecule has 0 atom stereocenters. The van der Waals surface area contributed by atoms with E-state index in [0.717, 1.165) is 16.7 Å². The van der Waals surface area contributed by atoms with Crippen LogP contribution in [0.1, 0.15) is 23.9 Å². The molecule has 0 aliphatic carbocycles. The van der Waals surface area contributed by atoms with Crippen LogP contribution in [0.2, 0.25) is 5.02 Å². The van der Waals surface area contributed by atoms with E-state index in [2.05, 4.69) is 10.1 Å². The molecule has 0 bridgehead atoms. The SMILES string of the molecule is CCN(Cc1nc(-c2cccc(C)c2)no1)C(=O)COc1ccc(Cl)c(C)c1. The molecule has 28 heavy (non-hydrogen) atoms. The molecule has 6 nitrogen and oxygen atoms in total. The molecule has 3 aromatic rings. The maximum atomic E-state index is 12.5. The van der Waals surface area contributed by atoms with E-state index in [1.807, 2.05) is 45.0 Å². The van der Waals surface area contributed by atoms with Crippen LogP contribution in [-0.2, 0) is 11.3 Å². The molecule has 0 saturated heterocycles. The first-order valence-electron chi connectivity index (χ1n) is 9.02. The topological polar surface area (TPSA) is 68.5 Å². The number of carbonyl (C=O) groups excluding carboxylic acids is 1. The Hall–Kier alpha value is -2.86. The molecule has 0 spiro atoms. The van der Waals surface area contributed by atoms with E-state index in [1.165, 1.54) is 0 Å². The number of halogens is 1. The molecular weight excluding hydrogens is 378 g/mol. The fraction of sp³-hybridized carbons (Fsp3) is 0.286. The zero-order chi connectivity index (χ0) is 20.1. The van der Waals surface area contributed by atoms with Gasteiger partial charge in [0.25, 0.3) is 5.91 Å². The Morgan fingerprint density at radius 1 is 1.21 bits per heavy atom. The Kier molecular flexibility index (Phi) is 6.31. The Morgan fingerprint density at radius 3 is 2.75 bits per heavy atom. The first kappa shape index (κ1) is 19.9. The van der Waals surface area contributed by atoms with Gasteiger partial charge < -0.3 is 14.2 Å². The highest BCUT2D eigenvalue weighted by Crippen LogP contribution is 2.21. The van der Waals surface area contributed by atoms with Crippen molar-refractivity contribution in [1.82, 2.24) is 15.0 Å². The summed E-state index contributed by atoms with van der Waals surface area (Å²) in [5.74, 6) is 1.33. The Bertz CT molecular complexity index is 971. The quantitative estimate of drug-likeness (QED) is 0.587. The zero-order valence-corrected chi connectivity index (χ0v) is 16.9. The summed E-state index contributed by atoms with van der Waals surface area (Å²) in [7, 11) is 0. The number of ether oxygens (including phenoxy) is 1. The molecule has 0 aliphatic rings. The molecule has 0 aliphatic heterocycles. The van der Waals surface area contributed by atoms with Gasteiger partial charge in [0.2, 0.25) is 11.7 Å². The van der Waals surface area contributed by atoms with E-state index in [1.54, 1.807) is 23.1 Å². The fourth-order valence-corrected chi connectivity index (χ4v) is 2.82. The molecule has 0 radical (unpaired) electrons. The average molecular weight is 400 g/mol. The van der Waals surface area contributed by atoms with Crippen LogP contribution in [0.25, 0.3) is 11.4 Å². The number of amides is 1. The predicted octanol–water partition coefficient (Wildman–Crippen LogP) is 4.43. The van der Waals surface area contributed by atoms with E-state index < -0.39 is 0 Å². The minimum absolute atomic E-state index is 0.0756. The van der Waals surface area contributed by atoms with Gasteiger partial charge in [0.05, 0.1) is 0 Å². The minimum atomic E-state index is -0.162. The van der Waals surface area contributed by atoms with E-state index in [-0.39, 0.29) is 19.1 Å². The number of likely N-dealkylation sites (N-methyl/N-ethyl adjacent to an activating group) is 1. The van der Waals surface area contributed by atoms with E-state index >= 15 is 0 Å². The molecule has 1 heterocycles. The predicted molar refractivity (Wildman–Crippen MR) is 107 cm³/mol. The summed E-state index contributed by atoms with van der Waals surface area (Å²) in [6, 6.07) is 13.1. The number of benzene rings is 2. The van der Waals surface area contributed by atoms with Gasteiger partial charge in [-0.25, -0.2) is 0 Å². The molecule has 146 valence electrons. The number of aromatic nitrogens is 2. The highest BCUT2D eigenvalue weighted by Gasteiger charge is 2.17. The number of hydrogen-bond donors (Lipinski definition) is 0. The van der Waals surface area contributed by atoms with Crippen molar-refractivity contribution in [3.05, 3.63) is 64.5 Å². The largest absolute Gasteiger partial charge is 0.484 e. The van der Waals surface area contributed by atoms with Crippen molar-refractivity contribution in [2.24, 2.45) is 0 Å². The van der Waals surface area contributed by atoms with Gasteiger partial charge in [-0.15, -0.1) is 0 Å². The van der Waals surface area contributed by atoms with Crippen molar-refractivity contribution in [1.29, 1.82) is 0 Å². The van der Waals surface area contributed by atoms with Crippen molar-refractivity contribution < 1.29 is 14.1 Å². The standard InChI is InChI=1S/C21H22ClN3O3/c1-4-25(20(26)13-27-17-8-9-18(22)15(3)11-17)12-19-23-21(24-28-19)16-7-5-6-14(2)10-16/h5-11H,4,12-13H2,1-3H3. The van der Waals surface area contributed by atoms with Gasteiger partial charge in [-0.05, 0) is 50.6 Å². The molecule has 0 saturated carbocycles. The lowest BCUT2D eigenvalue weighted by Crippen LogP contribution is -2.34. The maximum Gasteiger partial charge on any atom is 0.260 e. The van der Waals surface area contributed by atoms with Gasteiger partial charge in [0.1, 0.15) is 12.3 Å². The van der Waals surface area contributed by atoms with Crippen LogP contribution in [0.5, 0.6) is 5.75 Å². The number of hydrogen-bond acceptors (Lipinski definition) is 5. The number of aryl methyl sites for hydroxylation is 2. The monoisotopic (exact) mass is 399 g/mol. The van der Waals surface area contributed by atoms with Crippen LogP contribution in [0.15, 0.2) is 47.0 Å². The lowest BCUT2D eigenvalue weighted by atomic mass is 10.1. The van der Waals surface area contributed by atoms with Crippen LogP contribution < -0.4 is 4.74 Å². The van der Waals surface area contributed by atoms with Crippen LogP contribution in [0, 0.1) is 13.8 Å². The molecule has 0 N–H and O–H groups in total. The third kappa shape index (κ3) is 4.89. The molecule has 7 heteroatoms. The zero-order valence-electron chi connectivity index (χ0n) is 16.1. The average Bonchev–Trinajstić information content (AvgIpc) is 3.15. The summed E-state index contributed by atoms with van der Waals surface area (Å²) < 4.78 is 10.9. The third-order valence-corrected chi connectivity index (χ3v) is 4.72. The molecule has 0 unspecified atom stereocenters. The summed E-state index contributed by atoms with van der Waals surface area (Å²) >= 11 is 6.01. The van der Waals surface area contributed by atoms with Gasteiger partial charge in [0.15, 0.2) is 6.61 Å². The van der Waals surface area contributed by atoms with Crippen molar-refractivity contribution in [2.45, 2.75) is 27.3 Å². The van der Waals surface area contributed by atoms with Crippen molar-refractivity contribution >= 4 is 17.5 Å². The number of rotatable bonds is 7. The minimum Gasteiger partial charge on any atom is -0.484 e. The van der Waals surface area contributed by atoms with Gasteiger partial charge in [-0.3, -0.25) is 4.79 Å². The van der Waals surface area contributed by atoms with Crippen molar-refractivity contribution in [3.63, 3.8) is 0 Å². The molecule has 0 fully saturated rings. The highest BCUT2D eigenvalue weighted by atomic mass is 35.5. The first-order valence-corrected chi connectivity index (χ1v) is 9.40. The van der Waals surface area contributed by atoms with Gasteiger partial charge in [-0.1, -0.05) is 40.5 Å². The second-order valence-corrected chi connectivity index (χ2v) is 6.90. The van der Waals surface area contributed by atoms with Crippen LogP contribution >= 0.6 is 11.6 Å². The molecule has 1 aromatic heterocycles.